The van der Waals surface area contributed by atoms with Crippen molar-refractivity contribution in [1.29, 1.82) is 0 Å². The van der Waals surface area contributed by atoms with Gasteiger partial charge in [-0.05, 0) is 105 Å². The predicted molar refractivity (Wildman–Crippen MR) is 126 cm³/mol. The van der Waals surface area contributed by atoms with Gasteiger partial charge in [-0.15, -0.1) is 0 Å². The first-order valence-corrected chi connectivity index (χ1v) is 13.8. The van der Waals surface area contributed by atoms with Gasteiger partial charge in [-0.25, -0.2) is 13.2 Å². The molecule has 4 aliphatic rings. The molecule has 7 unspecified atom stereocenters. The van der Waals surface area contributed by atoms with Crippen molar-refractivity contribution in [2.45, 2.75) is 97.3 Å². The molecule has 1 aromatic rings. The molecule has 4 fully saturated rings. The third-order valence-corrected chi connectivity index (χ3v) is 11.1. The van der Waals surface area contributed by atoms with E-state index < -0.39 is 40.8 Å². The van der Waals surface area contributed by atoms with Crippen molar-refractivity contribution in [2.75, 3.05) is 0 Å². The van der Waals surface area contributed by atoms with Gasteiger partial charge in [0.05, 0.1) is 0 Å². The molecule has 0 aromatic heterocycles. The highest BCUT2D eigenvalue weighted by Crippen LogP contribution is 2.67. The molecule has 0 bridgehead atoms. The summed E-state index contributed by atoms with van der Waals surface area (Å²) in [5, 5.41) is 0. The van der Waals surface area contributed by atoms with Crippen molar-refractivity contribution >= 4 is 5.97 Å². The molecule has 0 saturated heterocycles. The smallest absolute Gasteiger partial charge is 0.311 e. The summed E-state index contributed by atoms with van der Waals surface area (Å²) in [6, 6.07) is 0. The zero-order chi connectivity index (χ0) is 25.8. The van der Waals surface area contributed by atoms with Crippen LogP contribution in [-0.4, -0.2) is 5.97 Å². The quantitative estimate of drug-likeness (QED) is 0.130. The number of rotatable bonds is 5. The number of esters is 1. The topological polar surface area (TPSA) is 26.3 Å². The van der Waals surface area contributed by atoms with Gasteiger partial charge in [-0.3, -0.25) is 4.79 Å². The lowest BCUT2D eigenvalue weighted by molar-refractivity contribution is -0.135. The monoisotopic (exact) mass is 512 g/mol. The predicted octanol–water partition coefficient (Wildman–Crippen LogP) is 8.51. The maximum Gasteiger partial charge on any atom is 0.311 e. The Morgan fingerprint density at radius 2 is 1.44 bits per heavy atom. The fraction of sp³-hybridized carbons (Fsp3) is 0.759. The van der Waals surface area contributed by atoms with E-state index in [9.17, 15) is 26.7 Å². The van der Waals surface area contributed by atoms with Crippen LogP contribution in [0.4, 0.5) is 22.0 Å². The van der Waals surface area contributed by atoms with Crippen molar-refractivity contribution < 1.29 is 31.5 Å². The van der Waals surface area contributed by atoms with Gasteiger partial charge >= 0.3 is 5.97 Å². The Bertz CT molecular complexity index is 998. The Balaban J connectivity index is 1.19. The van der Waals surface area contributed by atoms with Gasteiger partial charge < -0.3 is 4.74 Å². The van der Waals surface area contributed by atoms with Crippen molar-refractivity contribution in [2.24, 2.45) is 40.4 Å². The Kier molecular flexibility index (Phi) is 6.91. The van der Waals surface area contributed by atoms with Gasteiger partial charge in [0.15, 0.2) is 0 Å². The van der Waals surface area contributed by atoms with Crippen molar-refractivity contribution in [3.63, 3.8) is 0 Å². The maximum absolute atomic E-state index is 13.8. The summed E-state index contributed by atoms with van der Waals surface area (Å²) in [6.45, 7) is 4.99. The second kappa shape index (κ2) is 9.58. The third kappa shape index (κ3) is 4.07. The van der Waals surface area contributed by atoms with Crippen molar-refractivity contribution in [3.05, 3.63) is 29.1 Å². The van der Waals surface area contributed by atoms with E-state index in [1.165, 1.54) is 57.8 Å². The Morgan fingerprint density at radius 1 is 0.778 bits per heavy atom. The van der Waals surface area contributed by atoms with Crippen molar-refractivity contribution in [1.82, 2.24) is 0 Å². The molecule has 5 rings (SSSR count). The van der Waals surface area contributed by atoms with E-state index in [0.29, 0.717) is 23.7 Å². The summed E-state index contributed by atoms with van der Waals surface area (Å²) in [4.78, 5) is 12.2. The standard InChI is InChI=1S/C29H37F5O2/c1-28-14-4-3-6-16(28)9-11-18-19-12-10-17(29(19,2)15-13-20(18)28)7-5-8-21(35)36-27-25(33)23(31)22(30)24(32)26(27)34/h16-20H,3-15H2,1-2H3. The van der Waals surface area contributed by atoms with Crippen LogP contribution in [0.3, 0.4) is 0 Å². The number of fused-ring (bicyclic) bond motifs is 5. The first kappa shape index (κ1) is 26.0. The molecule has 0 radical (unpaired) electrons. The van der Waals surface area contributed by atoms with Crippen molar-refractivity contribution in [3.8, 4) is 5.75 Å². The van der Waals surface area contributed by atoms with Crippen LogP contribution in [0.25, 0.3) is 0 Å². The third-order valence-electron chi connectivity index (χ3n) is 11.1. The van der Waals surface area contributed by atoms with Crippen LogP contribution < -0.4 is 4.74 Å². The van der Waals surface area contributed by atoms with E-state index in [1.54, 1.807) is 0 Å². The molecule has 7 atom stereocenters. The van der Waals surface area contributed by atoms with Crippen LogP contribution in [-0.2, 0) is 4.79 Å². The second-order valence-corrected chi connectivity index (χ2v) is 12.5. The number of hydrogen-bond acceptors (Lipinski definition) is 2. The van der Waals surface area contributed by atoms with Crippen LogP contribution in [0.2, 0.25) is 0 Å². The van der Waals surface area contributed by atoms with Gasteiger partial charge in [0.1, 0.15) is 0 Å². The molecule has 2 nitrogen and oxygen atoms in total. The second-order valence-electron chi connectivity index (χ2n) is 12.5. The van der Waals surface area contributed by atoms with Gasteiger partial charge in [0.2, 0.25) is 34.8 Å². The molecule has 0 heterocycles. The van der Waals surface area contributed by atoms with Gasteiger partial charge in [-0.2, -0.15) is 8.78 Å². The normalized spacial score (nSPS) is 37.7. The molecule has 0 N–H and O–H groups in total. The average molecular weight is 513 g/mol. The molecule has 4 saturated carbocycles. The maximum atomic E-state index is 13.8. The lowest BCUT2D eigenvalue weighted by Crippen LogP contribution is -2.52. The summed E-state index contributed by atoms with van der Waals surface area (Å²) < 4.78 is 72.3. The van der Waals surface area contributed by atoms with Crippen LogP contribution in [0.1, 0.15) is 97.3 Å². The van der Waals surface area contributed by atoms with E-state index >= 15 is 0 Å². The molecular weight excluding hydrogens is 475 g/mol. The highest BCUT2D eigenvalue weighted by atomic mass is 19.2. The van der Waals surface area contributed by atoms with E-state index in [-0.39, 0.29) is 11.8 Å². The largest absolute Gasteiger partial charge is 0.420 e. The number of benzene rings is 1. The molecule has 0 spiro atoms. The first-order chi connectivity index (χ1) is 17.1. The van der Waals surface area contributed by atoms with Crippen LogP contribution in [0.5, 0.6) is 5.75 Å². The number of ether oxygens (including phenoxy) is 1. The van der Waals surface area contributed by atoms with Gasteiger partial charge in [-0.1, -0.05) is 26.7 Å². The van der Waals surface area contributed by atoms with Crippen LogP contribution in [0.15, 0.2) is 0 Å². The molecule has 0 amide bonds. The molecular formula is C29H37F5O2. The number of hydrogen-bond donors (Lipinski definition) is 0. The molecule has 7 heteroatoms. The lowest BCUT2D eigenvalue weighted by Gasteiger charge is -2.60. The number of carbonyl (C=O) groups is 1. The molecule has 0 aliphatic heterocycles. The van der Waals surface area contributed by atoms with E-state index in [1.807, 2.05) is 0 Å². The Morgan fingerprint density at radius 3 is 2.17 bits per heavy atom. The zero-order valence-electron chi connectivity index (χ0n) is 21.3. The molecule has 36 heavy (non-hydrogen) atoms. The molecule has 1 aromatic carbocycles. The van der Waals surface area contributed by atoms with Crippen LogP contribution >= 0.6 is 0 Å². The fourth-order valence-electron chi connectivity index (χ4n) is 9.21. The zero-order valence-corrected chi connectivity index (χ0v) is 21.3. The lowest BCUT2D eigenvalue weighted by atomic mass is 9.45. The minimum Gasteiger partial charge on any atom is -0.420 e. The highest BCUT2D eigenvalue weighted by molar-refractivity contribution is 5.72. The summed E-state index contributed by atoms with van der Waals surface area (Å²) in [5.41, 5.74) is 0.735. The average Bonchev–Trinajstić information content (AvgIpc) is 3.20. The Labute approximate surface area is 210 Å². The fourth-order valence-corrected chi connectivity index (χ4v) is 9.21. The van der Waals surface area contributed by atoms with Crippen LogP contribution in [0, 0.1) is 69.5 Å². The Hall–Kier alpha value is -1.66. The van der Waals surface area contributed by atoms with E-state index in [4.69, 9.17) is 0 Å². The summed E-state index contributed by atoms with van der Waals surface area (Å²) in [7, 11) is 0. The minimum atomic E-state index is -2.27. The van der Waals surface area contributed by atoms with E-state index in [0.717, 1.165) is 30.6 Å². The molecule has 4 aliphatic carbocycles. The summed E-state index contributed by atoms with van der Waals surface area (Å²) in [5.74, 6) is -9.57. The summed E-state index contributed by atoms with van der Waals surface area (Å²) >= 11 is 0. The number of halogens is 5. The highest BCUT2D eigenvalue weighted by Gasteiger charge is 2.59. The first-order valence-electron chi connectivity index (χ1n) is 13.8. The minimum absolute atomic E-state index is 0.122. The summed E-state index contributed by atoms with van der Waals surface area (Å²) in [6.07, 6.45) is 14.2. The number of carbonyl (C=O) groups excluding carboxylic acids is 1. The van der Waals surface area contributed by atoms with Gasteiger partial charge in [0.25, 0.3) is 0 Å². The SMILES string of the molecule is CC12CCCCC1CCC1C2CCC2(C)C(CCCC(=O)Oc3c(F)c(F)c(F)c(F)c3F)CCC12. The van der Waals surface area contributed by atoms with Gasteiger partial charge in [0, 0.05) is 6.42 Å². The molecule has 200 valence electrons. The van der Waals surface area contributed by atoms with E-state index in [2.05, 4.69) is 18.6 Å².